The van der Waals surface area contributed by atoms with Crippen LogP contribution in [0.5, 0.6) is 0 Å². The van der Waals surface area contributed by atoms with Gasteiger partial charge in [0.2, 0.25) is 12.8 Å². The predicted octanol–water partition coefficient (Wildman–Crippen LogP) is 6.16. The summed E-state index contributed by atoms with van der Waals surface area (Å²) < 4.78 is 10.3. The maximum Gasteiger partial charge on any atom is 0.210 e. The smallest absolute Gasteiger partial charge is 0.210 e. The second kappa shape index (κ2) is 30.5. The van der Waals surface area contributed by atoms with Crippen LogP contribution in [0.4, 0.5) is 0 Å². The lowest BCUT2D eigenvalue weighted by atomic mass is 9.98. The van der Waals surface area contributed by atoms with Crippen LogP contribution in [0, 0.1) is 5.92 Å². The number of aliphatic hydroxyl groups excluding tert-OH is 1. The number of carbonyl (C=O) groups excluding carboxylic acids is 2. The van der Waals surface area contributed by atoms with Gasteiger partial charge in [0, 0.05) is 20.8 Å². The molecule has 222 valence electrons. The number of ether oxygens (including phenoxy) is 2. The monoisotopic (exact) mass is 530 g/mol. The Kier molecular flexibility index (Phi) is 35.0. The number of rotatable bonds is 12. The average molecular weight is 531 g/mol. The van der Waals surface area contributed by atoms with Gasteiger partial charge >= 0.3 is 0 Å². The second-order valence-electron chi connectivity index (χ2n) is 8.99. The third kappa shape index (κ3) is 22.0. The first-order valence-corrected chi connectivity index (χ1v) is 14.1. The van der Waals surface area contributed by atoms with E-state index in [0.29, 0.717) is 24.5 Å². The van der Waals surface area contributed by atoms with Crippen LogP contribution >= 0.6 is 0 Å². The zero-order valence-electron chi connectivity index (χ0n) is 26.3. The van der Waals surface area contributed by atoms with Crippen molar-refractivity contribution in [2.45, 2.75) is 132 Å². The number of nitrogens with zero attached hydrogens (tertiary/aromatic N) is 1. The van der Waals surface area contributed by atoms with Crippen LogP contribution in [-0.4, -0.2) is 74.0 Å². The van der Waals surface area contributed by atoms with Gasteiger partial charge in [-0.3, -0.25) is 9.59 Å². The molecule has 2 N–H and O–H groups in total. The minimum Gasteiger partial charge on any atom is -0.386 e. The fraction of sp³-hybridized carbons (Fsp3) is 0.800. The van der Waals surface area contributed by atoms with Crippen LogP contribution in [0.15, 0.2) is 24.3 Å². The minimum absolute atomic E-state index is 0.188. The van der Waals surface area contributed by atoms with Gasteiger partial charge in [-0.1, -0.05) is 80.5 Å². The van der Waals surface area contributed by atoms with Gasteiger partial charge in [0.15, 0.2) is 0 Å². The van der Waals surface area contributed by atoms with Gasteiger partial charge in [0.05, 0.1) is 30.4 Å². The number of hydrogen-bond donors (Lipinski definition) is 2. The summed E-state index contributed by atoms with van der Waals surface area (Å²) >= 11 is 0. The largest absolute Gasteiger partial charge is 0.386 e. The highest BCUT2D eigenvalue weighted by molar-refractivity contribution is 5.48. The summed E-state index contributed by atoms with van der Waals surface area (Å²) in [5.41, 5.74) is 0.754. The van der Waals surface area contributed by atoms with Crippen molar-refractivity contribution in [3.05, 3.63) is 24.3 Å². The molecule has 7 nitrogen and oxygen atoms in total. The molecule has 1 fully saturated rings. The molecule has 37 heavy (non-hydrogen) atoms. The Hall–Kier alpha value is -1.70. The van der Waals surface area contributed by atoms with E-state index < -0.39 is 6.10 Å². The first kappa shape index (κ1) is 42.4. The molecule has 7 heteroatoms. The number of likely N-dealkylation sites (tertiary alicyclic amines) is 1. The topological polar surface area (TPSA) is 88.1 Å². The molecular weight excluding hydrogens is 468 g/mol. The van der Waals surface area contributed by atoms with E-state index in [4.69, 9.17) is 9.47 Å². The van der Waals surface area contributed by atoms with Crippen molar-refractivity contribution in [2.75, 3.05) is 20.8 Å². The van der Waals surface area contributed by atoms with Crippen LogP contribution in [0.2, 0.25) is 0 Å². The van der Waals surface area contributed by atoms with E-state index in [2.05, 4.69) is 53.4 Å². The Bertz CT molecular complexity index is 536. The van der Waals surface area contributed by atoms with E-state index in [9.17, 15) is 14.7 Å². The molecular formula is C30H62N2O5. The molecule has 0 spiro atoms. The van der Waals surface area contributed by atoms with E-state index in [-0.39, 0.29) is 12.1 Å². The van der Waals surface area contributed by atoms with Gasteiger partial charge in [-0.2, -0.15) is 0 Å². The van der Waals surface area contributed by atoms with E-state index in [1.165, 1.54) is 6.42 Å². The lowest BCUT2D eigenvalue weighted by Gasteiger charge is -2.30. The van der Waals surface area contributed by atoms with Gasteiger partial charge in [-0.15, -0.1) is 0 Å². The summed E-state index contributed by atoms with van der Waals surface area (Å²) in [6.45, 7) is 24.9. The first-order chi connectivity index (χ1) is 17.6. The third-order valence-corrected chi connectivity index (χ3v) is 5.58. The highest BCUT2D eigenvalue weighted by Gasteiger charge is 2.32. The van der Waals surface area contributed by atoms with E-state index >= 15 is 0 Å². The molecule has 5 atom stereocenters. The molecule has 1 aliphatic rings. The minimum atomic E-state index is -0.678. The number of allylic oxidation sites excluding steroid dienone is 1. The highest BCUT2D eigenvalue weighted by Crippen LogP contribution is 2.24. The van der Waals surface area contributed by atoms with Gasteiger partial charge in [-0.05, 0) is 51.0 Å². The molecule has 5 unspecified atom stereocenters. The molecule has 1 aliphatic heterocycles. The van der Waals surface area contributed by atoms with Gasteiger partial charge in [0.25, 0.3) is 0 Å². The van der Waals surface area contributed by atoms with Gasteiger partial charge in [-0.25, -0.2) is 0 Å². The molecule has 0 aliphatic carbocycles. The third-order valence-electron chi connectivity index (χ3n) is 5.58. The molecule has 0 aromatic heterocycles. The number of nitrogens with one attached hydrogen (secondary N) is 1. The summed E-state index contributed by atoms with van der Waals surface area (Å²) in [6.07, 6.45) is 10.4. The zero-order valence-corrected chi connectivity index (χ0v) is 26.3. The van der Waals surface area contributed by atoms with Crippen molar-refractivity contribution in [3.8, 4) is 0 Å². The standard InChI is InChI=1S/C10H19NO2.C10H17NO2.C5H12O.C3H8.C2H6/c1-8(2)10(13-3)9-5-4-6-11(9)7-12;1-4-6-9(5-2)10(13)8(3)11-7-12;1-4-5(2)6-3;1-3-2;1-2/h7-10H,4-6H2,1-3H3;5-8,10,13H,2,4H2,1,3H3,(H,11,12);5H,4H2,1-3H3;3H2,1-2H3;1-2H3/b;9-6+;;;. The van der Waals surface area contributed by atoms with Crippen molar-refractivity contribution in [3.63, 3.8) is 0 Å². The first-order valence-electron chi connectivity index (χ1n) is 14.1. The SMILES string of the molecule is C=C/C(=C\CC)C(O)C(C)NC=O.CC.CCC.CCC(C)OC.COC(C(C)C)C1CCCN1C=O. The fourth-order valence-electron chi connectivity index (χ4n) is 3.39. The van der Waals surface area contributed by atoms with Crippen molar-refractivity contribution in [2.24, 2.45) is 5.92 Å². The molecule has 1 saturated heterocycles. The second-order valence-corrected chi connectivity index (χ2v) is 8.99. The molecule has 1 rings (SSSR count). The van der Waals surface area contributed by atoms with Gasteiger partial charge in [0.1, 0.15) is 0 Å². The van der Waals surface area contributed by atoms with E-state index in [1.807, 2.05) is 31.7 Å². The van der Waals surface area contributed by atoms with E-state index in [0.717, 1.165) is 44.2 Å². The Balaban J connectivity index is -0.000000213. The molecule has 1 heterocycles. The van der Waals surface area contributed by atoms with Crippen LogP contribution in [0.1, 0.15) is 101 Å². The van der Waals surface area contributed by atoms with Crippen LogP contribution in [0.25, 0.3) is 0 Å². The maximum absolute atomic E-state index is 10.7. The summed E-state index contributed by atoms with van der Waals surface area (Å²) in [5.74, 6) is 0.468. The number of amides is 2. The quantitative estimate of drug-likeness (QED) is 0.233. The maximum atomic E-state index is 10.7. The van der Waals surface area contributed by atoms with Crippen molar-refractivity contribution in [1.29, 1.82) is 0 Å². The summed E-state index contributed by atoms with van der Waals surface area (Å²) in [5, 5.41) is 12.2. The number of hydrogen-bond acceptors (Lipinski definition) is 5. The normalized spacial score (nSPS) is 17.5. The lowest BCUT2D eigenvalue weighted by Crippen LogP contribution is -2.42. The molecule has 0 aromatic rings. The Morgan fingerprint density at radius 2 is 1.62 bits per heavy atom. The zero-order chi connectivity index (χ0) is 29.8. The molecule has 0 radical (unpaired) electrons. The molecule has 0 bridgehead atoms. The summed E-state index contributed by atoms with van der Waals surface area (Å²) in [4.78, 5) is 22.7. The summed E-state index contributed by atoms with van der Waals surface area (Å²) in [7, 11) is 3.46. The Morgan fingerprint density at radius 3 is 1.92 bits per heavy atom. The number of aliphatic hydroxyl groups is 1. The highest BCUT2D eigenvalue weighted by atomic mass is 16.5. The average Bonchev–Trinajstić information content (AvgIpc) is 3.37. The fourth-order valence-corrected chi connectivity index (χ4v) is 3.39. The molecule has 2 amide bonds. The number of carbonyl (C=O) groups is 2. The van der Waals surface area contributed by atoms with Gasteiger partial charge < -0.3 is 24.8 Å². The van der Waals surface area contributed by atoms with Crippen molar-refractivity contribution in [1.82, 2.24) is 10.2 Å². The van der Waals surface area contributed by atoms with Crippen LogP contribution in [-0.2, 0) is 19.1 Å². The summed E-state index contributed by atoms with van der Waals surface area (Å²) in [6, 6.07) is 0.01000. The van der Waals surface area contributed by atoms with Crippen molar-refractivity contribution >= 4 is 12.8 Å². The van der Waals surface area contributed by atoms with Crippen LogP contribution < -0.4 is 5.32 Å². The van der Waals surface area contributed by atoms with E-state index in [1.54, 1.807) is 27.2 Å². The lowest BCUT2D eigenvalue weighted by molar-refractivity contribution is -0.122. The van der Waals surface area contributed by atoms with Crippen molar-refractivity contribution < 1.29 is 24.2 Å². The number of methoxy groups -OCH3 is 2. The Morgan fingerprint density at radius 1 is 1.08 bits per heavy atom. The predicted molar refractivity (Wildman–Crippen MR) is 159 cm³/mol. The Labute approximate surface area is 230 Å². The molecule has 0 aromatic carbocycles. The van der Waals surface area contributed by atoms with Crippen LogP contribution in [0.3, 0.4) is 0 Å². The molecule has 0 saturated carbocycles.